The summed E-state index contributed by atoms with van der Waals surface area (Å²) in [5.41, 5.74) is 2.44. The lowest BCUT2D eigenvalue weighted by Gasteiger charge is -2.00. The monoisotopic (exact) mass is 219 g/mol. The van der Waals surface area contributed by atoms with Gasteiger partial charge in [-0.2, -0.15) is 0 Å². The molecule has 0 unspecified atom stereocenters. The van der Waals surface area contributed by atoms with Gasteiger partial charge in [-0.1, -0.05) is 6.07 Å². The maximum absolute atomic E-state index is 11.5. The zero-order valence-electron chi connectivity index (χ0n) is 7.88. The fourth-order valence-electron chi connectivity index (χ4n) is 1.13. The maximum Gasteiger partial charge on any atom is 0.231 e. The first-order valence-corrected chi connectivity index (χ1v) is 5.31. The molecule has 1 amide bonds. The van der Waals surface area contributed by atoms with Crippen molar-refractivity contribution in [1.82, 2.24) is 9.97 Å². The van der Waals surface area contributed by atoms with Crippen LogP contribution >= 0.6 is 11.3 Å². The van der Waals surface area contributed by atoms with Crippen LogP contribution < -0.4 is 5.32 Å². The van der Waals surface area contributed by atoms with Crippen LogP contribution in [0.2, 0.25) is 0 Å². The molecule has 2 rings (SSSR count). The number of hydrogen-bond acceptors (Lipinski definition) is 4. The van der Waals surface area contributed by atoms with Crippen LogP contribution in [0.15, 0.2) is 36.1 Å². The summed E-state index contributed by atoms with van der Waals surface area (Å²) >= 11 is 1.40. The molecule has 0 saturated carbocycles. The Kier molecular flexibility index (Phi) is 3.04. The van der Waals surface area contributed by atoms with Crippen LogP contribution in [-0.2, 0) is 11.2 Å². The molecular formula is C10H9N3OS. The van der Waals surface area contributed by atoms with Gasteiger partial charge in [-0.3, -0.25) is 14.8 Å². The number of carbonyl (C=O) groups is 1. The molecule has 0 aliphatic heterocycles. The minimum atomic E-state index is -0.0713. The minimum Gasteiger partial charge on any atom is -0.316 e. The first-order chi connectivity index (χ1) is 7.34. The van der Waals surface area contributed by atoms with Crippen LogP contribution in [0.5, 0.6) is 0 Å². The summed E-state index contributed by atoms with van der Waals surface area (Å²) in [5, 5.41) is 3.51. The van der Waals surface area contributed by atoms with Crippen molar-refractivity contribution in [3.05, 3.63) is 41.8 Å². The van der Waals surface area contributed by atoms with Gasteiger partial charge < -0.3 is 5.32 Å². The van der Waals surface area contributed by atoms with E-state index >= 15 is 0 Å². The molecule has 0 aliphatic rings. The van der Waals surface area contributed by atoms with Gasteiger partial charge in [-0.15, -0.1) is 11.3 Å². The van der Waals surface area contributed by atoms with Crippen LogP contribution in [0.3, 0.4) is 0 Å². The zero-order valence-corrected chi connectivity index (χ0v) is 8.70. The Hall–Kier alpha value is -1.75. The average Bonchev–Trinajstić information content (AvgIpc) is 2.71. The fourth-order valence-corrected chi connectivity index (χ4v) is 1.66. The number of anilines is 1. The molecule has 2 heterocycles. The summed E-state index contributed by atoms with van der Waals surface area (Å²) in [7, 11) is 0. The standard InChI is InChI=1S/C10H9N3OS/c14-9(13-10-6-11-7-15-10)5-8-3-1-2-4-12-8/h1-4,6-7H,5H2,(H,13,14). The molecule has 0 spiro atoms. The number of amides is 1. The zero-order chi connectivity index (χ0) is 10.5. The highest BCUT2D eigenvalue weighted by Gasteiger charge is 2.04. The van der Waals surface area contributed by atoms with Crippen molar-refractivity contribution in [2.45, 2.75) is 6.42 Å². The molecule has 2 aromatic heterocycles. The molecule has 76 valence electrons. The van der Waals surface area contributed by atoms with E-state index in [1.54, 1.807) is 17.9 Å². The quantitative estimate of drug-likeness (QED) is 0.855. The molecule has 0 aliphatic carbocycles. The van der Waals surface area contributed by atoms with E-state index in [-0.39, 0.29) is 5.91 Å². The summed E-state index contributed by atoms with van der Waals surface area (Å²) in [6, 6.07) is 5.51. The SMILES string of the molecule is O=C(Cc1ccccn1)Nc1cncs1. The van der Waals surface area contributed by atoms with Crippen molar-refractivity contribution in [1.29, 1.82) is 0 Å². The Labute approximate surface area is 91.0 Å². The molecule has 4 nitrogen and oxygen atoms in total. The summed E-state index contributed by atoms with van der Waals surface area (Å²) in [5.74, 6) is -0.0713. The summed E-state index contributed by atoms with van der Waals surface area (Å²) in [4.78, 5) is 19.5. The van der Waals surface area contributed by atoms with Gasteiger partial charge in [0, 0.05) is 11.9 Å². The van der Waals surface area contributed by atoms with Crippen molar-refractivity contribution in [2.75, 3.05) is 5.32 Å². The summed E-state index contributed by atoms with van der Waals surface area (Å²) in [6.45, 7) is 0. The second kappa shape index (κ2) is 4.65. The van der Waals surface area contributed by atoms with Gasteiger partial charge in [-0.25, -0.2) is 0 Å². The fraction of sp³-hybridized carbons (Fsp3) is 0.100. The van der Waals surface area contributed by atoms with Crippen LogP contribution in [-0.4, -0.2) is 15.9 Å². The Morgan fingerprint density at radius 2 is 2.40 bits per heavy atom. The third kappa shape index (κ3) is 2.85. The van der Waals surface area contributed by atoms with E-state index in [9.17, 15) is 4.79 Å². The number of hydrogen-bond donors (Lipinski definition) is 1. The number of aromatic nitrogens is 2. The normalized spacial score (nSPS) is 9.87. The smallest absolute Gasteiger partial charge is 0.231 e. The molecule has 0 fully saturated rings. The molecular weight excluding hydrogens is 210 g/mol. The number of thiazole rings is 1. The third-order valence-corrected chi connectivity index (χ3v) is 2.45. The van der Waals surface area contributed by atoms with E-state index in [2.05, 4.69) is 15.3 Å². The Morgan fingerprint density at radius 1 is 1.47 bits per heavy atom. The van der Waals surface area contributed by atoms with Gasteiger partial charge in [0.2, 0.25) is 5.91 Å². The van der Waals surface area contributed by atoms with E-state index < -0.39 is 0 Å². The summed E-state index contributed by atoms with van der Waals surface area (Å²) in [6.07, 6.45) is 3.59. The Bertz CT molecular complexity index is 427. The van der Waals surface area contributed by atoms with Crippen molar-refractivity contribution in [3.8, 4) is 0 Å². The lowest BCUT2D eigenvalue weighted by Crippen LogP contribution is -2.14. The van der Waals surface area contributed by atoms with Crippen LogP contribution in [0.4, 0.5) is 5.00 Å². The third-order valence-electron chi connectivity index (χ3n) is 1.76. The van der Waals surface area contributed by atoms with Gasteiger partial charge >= 0.3 is 0 Å². The number of pyridine rings is 1. The first kappa shape index (κ1) is 9.79. The van der Waals surface area contributed by atoms with Crippen LogP contribution in [0.25, 0.3) is 0 Å². The molecule has 15 heavy (non-hydrogen) atoms. The molecule has 0 saturated heterocycles. The number of rotatable bonds is 3. The second-order valence-corrected chi connectivity index (χ2v) is 3.80. The van der Waals surface area contributed by atoms with Crippen molar-refractivity contribution < 1.29 is 4.79 Å². The molecule has 0 bridgehead atoms. The van der Waals surface area contributed by atoms with Crippen molar-refractivity contribution >= 4 is 22.2 Å². The van der Waals surface area contributed by atoms with E-state index in [0.717, 1.165) is 10.7 Å². The predicted molar refractivity (Wildman–Crippen MR) is 58.7 cm³/mol. The van der Waals surface area contributed by atoms with Crippen molar-refractivity contribution in [2.24, 2.45) is 0 Å². The molecule has 0 atom stereocenters. The van der Waals surface area contributed by atoms with Gasteiger partial charge in [0.15, 0.2) is 0 Å². The number of nitrogens with zero attached hydrogens (tertiary/aromatic N) is 2. The molecule has 0 radical (unpaired) electrons. The van der Waals surface area contributed by atoms with E-state index in [1.165, 1.54) is 11.3 Å². The highest BCUT2D eigenvalue weighted by molar-refractivity contribution is 7.13. The van der Waals surface area contributed by atoms with E-state index in [4.69, 9.17) is 0 Å². The molecule has 2 aromatic rings. The highest BCUT2D eigenvalue weighted by atomic mass is 32.1. The molecule has 0 aromatic carbocycles. The first-order valence-electron chi connectivity index (χ1n) is 4.43. The van der Waals surface area contributed by atoms with Crippen LogP contribution in [0.1, 0.15) is 5.69 Å². The Morgan fingerprint density at radius 3 is 3.07 bits per heavy atom. The lowest BCUT2D eigenvalue weighted by molar-refractivity contribution is -0.115. The largest absolute Gasteiger partial charge is 0.316 e. The number of carbonyl (C=O) groups excluding carboxylic acids is 1. The van der Waals surface area contributed by atoms with Gasteiger partial charge in [0.05, 0.1) is 18.1 Å². The van der Waals surface area contributed by atoms with Crippen LogP contribution in [0, 0.1) is 0 Å². The number of nitrogens with one attached hydrogen (secondary N) is 1. The van der Waals surface area contributed by atoms with Gasteiger partial charge in [-0.05, 0) is 12.1 Å². The predicted octanol–water partition coefficient (Wildman–Crippen LogP) is 1.72. The van der Waals surface area contributed by atoms with Gasteiger partial charge in [0.1, 0.15) is 5.00 Å². The minimum absolute atomic E-state index is 0.0713. The molecule has 1 N–H and O–H groups in total. The highest BCUT2D eigenvalue weighted by Crippen LogP contribution is 2.12. The lowest BCUT2D eigenvalue weighted by atomic mass is 10.2. The topological polar surface area (TPSA) is 54.9 Å². The molecule has 5 heteroatoms. The second-order valence-electron chi connectivity index (χ2n) is 2.91. The summed E-state index contributed by atoms with van der Waals surface area (Å²) < 4.78 is 0. The van der Waals surface area contributed by atoms with Gasteiger partial charge in [0.25, 0.3) is 0 Å². The van der Waals surface area contributed by atoms with E-state index in [0.29, 0.717) is 6.42 Å². The van der Waals surface area contributed by atoms with E-state index in [1.807, 2.05) is 18.2 Å². The average molecular weight is 219 g/mol. The Balaban J connectivity index is 1.94. The van der Waals surface area contributed by atoms with Crippen molar-refractivity contribution in [3.63, 3.8) is 0 Å². The maximum atomic E-state index is 11.5.